The summed E-state index contributed by atoms with van der Waals surface area (Å²) in [5.74, 6) is -0.481. The van der Waals surface area contributed by atoms with E-state index in [0.717, 1.165) is 16.8 Å². The summed E-state index contributed by atoms with van der Waals surface area (Å²) in [6.45, 7) is 5.45. The van der Waals surface area contributed by atoms with Gasteiger partial charge in [-0.05, 0) is 31.9 Å². The molecule has 5 heteroatoms. The molecule has 0 fully saturated rings. The zero-order valence-corrected chi connectivity index (χ0v) is 11.9. The monoisotopic (exact) mass is 263 g/mol. The van der Waals surface area contributed by atoms with E-state index in [0.29, 0.717) is 0 Å². The Labute approximate surface area is 113 Å². The molecule has 3 N–H and O–H groups in total. The second-order valence-electron chi connectivity index (χ2n) is 4.80. The molecule has 1 atom stereocenters. The van der Waals surface area contributed by atoms with E-state index in [1.807, 2.05) is 32.0 Å². The Balaban J connectivity index is 2.68. The number of carbonyl (C=O) groups is 2. The van der Waals surface area contributed by atoms with Crippen LogP contribution >= 0.6 is 0 Å². The number of hydrogen-bond donors (Lipinski definition) is 2. The van der Waals surface area contributed by atoms with E-state index in [1.165, 1.54) is 4.90 Å². The Morgan fingerprint density at radius 1 is 1.32 bits per heavy atom. The lowest BCUT2D eigenvalue weighted by Crippen LogP contribution is -2.43. The number of hydrogen-bond acceptors (Lipinski definition) is 3. The van der Waals surface area contributed by atoms with Crippen LogP contribution in [-0.4, -0.2) is 36.3 Å². The normalized spacial score (nSPS) is 11.8. The Bertz CT molecular complexity index is 463. The fourth-order valence-corrected chi connectivity index (χ4v) is 1.83. The number of para-hydroxylation sites is 1. The van der Waals surface area contributed by atoms with Gasteiger partial charge in [0.25, 0.3) is 0 Å². The van der Waals surface area contributed by atoms with Gasteiger partial charge in [-0.15, -0.1) is 0 Å². The van der Waals surface area contributed by atoms with Crippen molar-refractivity contribution in [1.29, 1.82) is 0 Å². The van der Waals surface area contributed by atoms with Crippen LogP contribution in [0.25, 0.3) is 0 Å². The first-order valence-corrected chi connectivity index (χ1v) is 6.19. The van der Waals surface area contributed by atoms with Gasteiger partial charge in [-0.25, -0.2) is 0 Å². The summed E-state index contributed by atoms with van der Waals surface area (Å²) in [5, 5.41) is 2.83. The van der Waals surface area contributed by atoms with E-state index in [2.05, 4.69) is 5.32 Å². The van der Waals surface area contributed by atoms with Crippen molar-refractivity contribution in [3.8, 4) is 0 Å². The summed E-state index contributed by atoms with van der Waals surface area (Å²) in [6, 6.07) is 5.20. The van der Waals surface area contributed by atoms with Crippen LogP contribution in [0.15, 0.2) is 18.2 Å². The van der Waals surface area contributed by atoms with Gasteiger partial charge in [-0.3, -0.25) is 9.59 Å². The number of likely N-dealkylation sites (N-methyl/N-ethyl adjacent to an activating group) is 1. The third-order valence-electron chi connectivity index (χ3n) is 2.89. The maximum atomic E-state index is 11.9. The van der Waals surface area contributed by atoms with E-state index < -0.39 is 6.04 Å². The van der Waals surface area contributed by atoms with E-state index in [9.17, 15) is 9.59 Å². The largest absolute Gasteiger partial charge is 0.335 e. The molecular weight excluding hydrogens is 242 g/mol. The van der Waals surface area contributed by atoms with Gasteiger partial charge in [0.05, 0.1) is 12.6 Å². The Kier molecular flexibility index (Phi) is 5.06. The van der Waals surface area contributed by atoms with Gasteiger partial charge in [0.1, 0.15) is 0 Å². The van der Waals surface area contributed by atoms with Crippen molar-refractivity contribution < 1.29 is 9.59 Å². The highest BCUT2D eigenvalue weighted by Crippen LogP contribution is 2.19. The van der Waals surface area contributed by atoms with Gasteiger partial charge in [0.2, 0.25) is 11.8 Å². The average Bonchev–Trinajstić information content (AvgIpc) is 2.32. The number of rotatable bonds is 4. The van der Waals surface area contributed by atoms with Crippen LogP contribution in [0.3, 0.4) is 0 Å². The number of benzene rings is 1. The minimum atomic E-state index is -0.599. The fourth-order valence-electron chi connectivity index (χ4n) is 1.83. The Morgan fingerprint density at radius 3 is 2.32 bits per heavy atom. The van der Waals surface area contributed by atoms with E-state index in [-0.39, 0.29) is 18.4 Å². The molecule has 5 nitrogen and oxygen atoms in total. The first-order valence-electron chi connectivity index (χ1n) is 6.19. The van der Waals surface area contributed by atoms with E-state index in [4.69, 9.17) is 5.73 Å². The lowest BCUT2D eigenvalue weighted by Gasteiger charge is -2.19. The quantitative estimate of drug-likeness (QED) is 0.852. The Hall–Kier alpha value is -1.88. The number of amides is 2. The molecule has 1 aromatic carbocycles. The van der Waals surface area contributed by atoms with Crippen LogP contribution in [0.4, 0.5) is 5.69 Å². The number of carbonyl (C=O) groups excluding carboxylic acids is 2. The molecule has 0 aliphatic carbocycles. The fraction of sp³-hybridized carbons (Fsp3) is 0.429. The minimum Gasteiger partial charge on any atom is -0.335 e. The van der Waals surface area contributed by atoms with Crippen LogP contribution in [-0.2, 0) is 9.59 Å². The minimum absolute atomic E-state index is 0.00581. The molecule has 0 bridgehead atoms. The first kappa shape index (κ1) is 15.2. The molecule has 0 unspecified atom stereocenters. The second kappa shape index (κ2) is 6.33. The van der Waals surface area contributed by atoms with Gasteiger partial charge in [0.15, 0.2) is 0 Å². The summed E-state index contributed by atoms with van der Waals surface area (Å²) >= 11 is 0. The van der Waals surface area contributed by atoms with E-state index >= 15 is 0 Å². The third-order valence-corrected chi connectivity index (χ3v) is 2.89. The number of nitrogens with zero attached hydrogens (tertiary/aromatic N) is 1. The molecule has 2 amide bonds. The summed E-state index contributed by atoms with van der Waals surface area (Å²) in [6.07, 6.45) is 0. The molecule has 0 aromatic heterocycles. The van der Waals surface area contributed by atoms with Crippen LogP contribution < -0.4 is 11.1 Å². The standard InChI is InChI=1S/C14H21N3O2/c1-9-6-5-7-10(2)13(9)16-12(18)8-17(4)14(19)11(3)15/h5-7,11H,8,15H2,1-4H3,(H,16,18)/t11-/m1/s1. The van der Waals surface area contributed by atoms with Crippen molar-refractivity contribution in [1.82, 2.24) is 4.90 Å². The van der Waals surface area contributed by atoms with Crippen LogP contribution in [0.2, 0.25) is 0 Å². The maximum Gasteiger partial charge on any atom is 0.243 e. The van der Waals surface area contributed by atoms with E-state index in [1.54, 1.807) is 14.0 Å². The van der Waals surface area contributed by atoms with Crippen molar-refractivity contribution in [2.75, 3.05) is 18.9 Å². The molecule has 0 saturated heterocycles. The SMILES string of the molecule is Cc1cccc(C)c1NC(=O)CN(C)C(=O)[C@@H](C)N. The van der Waals surface area contributed by atoms with Crippen molar-refractivity contribution in [3.63, 3.8) is 0 Å². The molecule has 104 valence electrons. The predicted octanol–water partition coefficient (Wildman–Crippen LogP) is 1.05. The van der Waals surface area contributed by atoms with Gasteiger partial charge in [-0.1, -0.05) is 18.2 Å². The van der Waals surface area contributed by atoms with Gasteiger partial charge >= 0.3 is 0 Å². The van der Waals surface area contributed by atoms with Gasteiger partial charge < -0.3 is 16.0 Å². The summed E-state index contributed by atoms with van der Waals surface area (Å²) in [4.78, 5) is 24.8. The van der Waals surface area contributed by atoms with Gasteiger partial charge in [-0.2, -0.15) is 0 Å². The lowest BCUT2D eigenvalue weighted by molar-refractivity contribution is -0.134. The highest BCUT2D eigenvalue weighted by Gasteiger charge is 2.16. The molecule has 0 heterocycles. The zero-order valence-electron chi connectivity index (χ0n) is 11.9. The van der Waals surface area contributed by atoms with Crippen molar-refractivity contribution in [2.24, 2.45) is 5.73 Å². The average molecular weight is 263 g/mol. The van der Waals surface area contributed by atoms with Crippen molar-refractivity contribution >= 4 is 17.5 Å². The molecule has 0 radical (unpaired) electrons. The summed E-state index contributed by atoms with van der Waals surface area (Å²) in [5.41, 5.74) is 8.28. The molecule has 0 spiro atoms. The molecule has 0 aliphatic rings. The topological polar surface area (TPSA) is 75.4 Å². The smallest absolute Gasteiger partial charge is 0.243 e. The summed E-state index contributed by atoms with van der Waals surface area (Å²) in [7, 11) is 1.57. The highest BCUT2D eigenvalue weighted by molar-refractivity contribution is 5.96. The molecule has 19 heavy (non-hydrogen) atoms. The molecule has 0 saturated carbocycles. The van der Waals surface area contributed by atoms with Gasteiger partial charge in [0, 0.05) is 12.7 Å². The molecule has 1 aromatic rings. The van der Waals surface area contributed by atoms with Crippen LogP contribution in [0.5, 0.6) is 0 Å². The van der Waals surface area contributed by atoms with Crippen molar-refractivity contribution in [3.05, 3.63) is 29.3 Å². The third kappa shape index (κ3) is 4.06. The second-order valence-corrected chi connectivity index (χ2v) is 4.80. The van der Waals surface area contributed by atoms with Crippen molar-refractivity contribution in [2.45, 2.75) is 26.8 Å². The molecule has 0 aliphatic heterocycles. The molecular formula is C14H21N3O2. The molecule has 1 rings (SSSR count). The lowest BCUT2D eigenvalue weighted by atomic mass is 10.1. The first-order chi connectivity index (χ1) is 8.82. The number of nitrogens with one attached hydrogen (secondary N) is 1. The maximum absolute atomic E-state index is 11.9. The number of nitrogens with two attached hydrogens (primary N) is 1. The zero-order chi connectivity index (χ0) is 14.6. The highest BCUT2D eigenvalue weighted by atomic mass is 16.2. The van der Waals surface area contributed by atoms with Crippen LogP contribution in [0.1, 0.15) is 18.1 Å². The predicted molar refractivity (Wildman–Crippen MR) is 75.8 cm³/mol. The Morgan fingerprint density at radius 2 is 1.84 bits per heavy atom. The van der Waals surface area contributed by atoms with Crippen LogP contribution in [0, 0.1) is 13.8 Å². The summed E-state index contributed by atoms with van der Waals surface area (Å²) < 4.78 is 0. The number of anilines is 1. The number of aryl methyl sites for hydroxylation is 2.